The van der Waals surface area contributed by atoms with Crippen molar-refractivity contribution < 1.29 is 9.47 Å². The first-order valence-electron chi connectivity index (χ1n) is 8.04. The molecule has 0 radical (unpaired) electrons. The van der Waals surface area contributed by atoms with E-state index in [2.05, 4.69) is 20.9 Å². The Labute approximate surface area is 181 Å². The van der Waals surface area contributed by atoms with E-state index in [1.54, 1.807) is 30.1 Å². The van der Waals surface area contributed by atoms with Crippen LogP contribution in [0.4, 0.5) is 0 Å². The van der Waals surface area contributed by atoms with E-state index in [4.69, 9.17) is 32.7 Å². The minimum Gasteiger partial charge on any atom is -0.487 e. The quantitative estimate of drug-likeness (QED) is 0.350. The summed E-state index contributed by atoms with van der Waals surface area (Å²) in [6.07, 6.45) is 3.70. The van der Waals surface area contributed by atoms with Crippen LogP contribution in [-0.4, -0.2) is 11.2 Å². The van der Waals surface area contributed by atoms with Gasteiger partial charge in [0.25, 0.3) is 0 Å². The summed E-state index contributed by atoms with van der Waals surface area (Å²) >= 11 is 17.5. The van der Waals surface area contributed by atoms with Crippen LogP contribution in [-0.2, 0) is 12.4 Å². The zero-order valence-corrected chi connectivity index (χ0v) is 18.3. The molecule has 0 saturated heterocycles. The number of hydrogen-bond donors (Lipinski definition) is 0. The SMILES string of the molecule is CSCc1cc(Oc2c(Cl)cc(Br)cc2Cl)ncc1OCc1ccccc1. The van der Waals surface area contributed by atoms with Crippen molar-refractivity contribution in [1.29, 1.82) is 0 Å². The van der Waals surface area contributed by atoms with Gasteiger partial charge in [0, 0.05) is 21.9 Å². The molecule has 0 aliphatic carbocycles. The predicted molar refractivity (Wildman–Crippen MR) is 116 cm³/mol. The molecule has 0 fully saturated rings. The topological polar surface area (TPSA) is 31.4 Å². The Kier molecular flexibility index (Phi) is 7.30. The number of rotatable bonds is 7. The van der Waals surface area contributed by atoms with Gasteiger partial charge in [0.2, 0.25) is 5.88 Å². The summed E-state index contributed by atoms with van der Waals surface area (Å²) in [6, 6.07) is 15.3. The van der Waals surface area contributed by atoms with Crippen LogP contribution in [0.5, 0.6) is 17.4 Å². The van der Waals surface area contributed by atoms with E-state index in [9.17, 15) is 0 Å². The second kappa shape index (κ2) is 9.69. The Morgan fingerprint density at radius 3 is 2.44 bits per heavy atom. The maximum Gasteiger partial charge on any atom is 0.219 e. The van der Waals surface area contributed by atoms with Crippen LogP contribution in [0.1, 0.15) is 11.1 Å². The van der Waals surface area contributed by atoms with Crippen LogP contribution in [0.25, 0.3) is 0 Å². The lowest BCUT2D eigenvalue weighted by Gasteiger charge is -2.14. The normalized spacial score (nSPS) is 10.7. The van der Waals surface area contributed by atoms with E-state index in [-0.39, 0.29) is 0 Å². The highest BCUT2D eigenvalue weighted by Gasteiger charge is 2.13. The van der Waals surface area contributed by atoms with Gasteiger partial charge < -0.3 is 9.47 Å². The molecular weight excluding hydrogens is 469 g/mol. The van der Waals surface area contributed by atoms with E-state index < -0.39 is 0 Å². The van der Waals surface area contributed by atoms with Crippen molar-refractivity contribution in [1.82, 2.24) is 4.98 Å². The number of halogens is 3. The molecule has 0 atom stereocenters. The van der Waals surface area contributed by atoms with Gasteiger partial charge in [-0.1, -0.05) is 69.5 Å². The maximum atomic E-state index is 6.24. The molecule has 7 heteroatoms. The summed E-state index contributed by atoms with van der Waals surface area (Å²) in [4.78, 5) is 4.35. The number of aromatic nitrogens is 1. The average molecular weight is 485 g/mol. The third-order valence-corrected chi connectivity index (χ3v) is 5.25. The van der Waals surface area contributed by atoms with Crippen molar-refractivity contribution in [2.24, 2.45) is 0 Å². The lowest BCUT2D eigenvalue weighted by atomic mass is 10.2. The largest absolute Gasteiger partial charge is 0.487 e. The minimum absolute atomic E-state index is 0.377. The molecule has 0 saturated carbocycles. The molecule has 0 N–H and O–H groups in total. The molecule has 1 aromatic heterocycles. The molecule has 0 aliphatic rings. The minimum atomic E-state index is 0.377. The van der Waals surface area contributed by atoms with Gasteiger partial charge in [-0.2, -0.15) is 11.8 Å². The van der Waals surface area contributed by atoms with Crippen LogP contribution >= 0.6 is 50.9 Å². The van der Waals surface area contributed by atoms with Crippen molar-refractivity contribution in [2.45, 2.75) is 12.4 Å². The average Bonchev–Trinajstić information content (AvgIpc) is 2.65. The molecule has 1 heterocycles. The number of nitrogens with zero attached hydrogens (tertiary/aromatic N) is 1. The fraction of sp³-hybridized carbons (Fsp3) is 0.150. The molecule has 0 unspecified atom stereocenters. The molecule has 0 spiro atoms. The highest BCUT2D eigenvalue weighted by molar-refractivity contribution is 9.10. The molecule has 0 bridgehead atoms. The fourth-order valence-electron chi connectivity index (χ4n) is 2.38. The van der Waals surface area contributed by atoms with Gasteiger partial charge in [-0.15, -0.1) is 0 Å². The van der Waals surface area contributed by atoms with E-state index >= 15 is 0 Å². The lowest BCUT2D eigenvalue weighted by Crippen LogP contribution is -2.00. The van der Waals surface area contributed by atoms with Gasteiger partial charge >= 0.3 is 0 Å². The second-order valence-electron chi connectivity index (χ2n) is 5.64. The second-order valence-corrected chi connectivity index (χ2v) is 8.23. The smallest absolute Gasteiger partial charge is 0.219 e. The van der Waals surface area contributed by atoms with Gasteiger partial charge in [-0.3, -0.25) is 0 Å². The Balaban J connectivity index is 1.81. The first-order valence-corrected chi connectivity index (χ1v) is 11.0. The first-order chi connectivity index (χ1) is 13.1. The molecule has 3 aromatic rings. The van der Waals surface area contributed by atoms with Crippen LogP contribution in [0.2, 0.25) is 10.0 Å². The van der Waals surface area contributed by atoms with Gasteiger partial charge in [-0.25, -0.2) is 4.98 Å². The summed E-state index contributed by atoms with van der Waals surface area (Å²) in [6.45, 7) is 0.481. The standard InChI is InChI=1S/C20H16BrCl2NO2S/c1-27-12-14-7-19(26-20-16(22)8-15(21)9-17(20)23)24-10-18(14)25-11-13-5-3-2-4-6-13/h2-10H,11-12H2,1H3. The van der Waals surface area contributed by atoms with Gasteiger partial charge in [-0.05, 0) is 24.0 Å². The summed E-state index contributed by atoms with van der Waals surface area (Å²) in [5.74, 6) is 2.29. The summed E-state index contributed by atoms with van der Waals surface area (Å²) < 4.78 is 12.6. The van der Waals surface area contributed by atoms with Gasteiger partial charge in [0.05, 0.1) is 16.2 Å². The molecule has 3 rings (SSSR count). The maximum absolute atomic E-state index is 6.24. The number of benzene rings is 2. The van der Waals surface area contributed by atoms with Crippen LogP contribution in [0, 0.1) is 0 Å². The van der Waals surface area contributed by atoms with Crippen molar-refractivity contribution in [3.63, 3.8) is 0 Å². The number of ether oxygens (including phenoxy) is 2. The zero-order valence-electron chi connectivity index (χ0n) is 14.4. The Hall–Kier alpha value is -1.40. The lowest BCUT2D eigenvalue weighted by molar-refractivity contribution is 0.301. The third-order valence-electron chi connectivity index (χ3n) is 3.63. The highest BCUT2D eigenvalue weighted by atomic mass is 79.9. The van der Waals surface area contributed by atoms with E-state index in [1.165, 1.54) is 0 Å². The number of hydrogen-bond acceptors (Lipinski definition) is 4. The van der Waals surface area contributed by atoms with Crippen molar-refractivity contribution in [2.75, 3.05) is 6.26 Å². The molecular formula is C20H16BrCl2NO2S. The third kappa shape index (κ3) is 5.55. The van der Waals surface area contributed by atoms with Crippen LogP contribution in [0.15, 0.2) is 59.2 Å². The number of pyridine rings is 1. The molecule has 27 heavy (non-hydrogen) atoms. The zero-order chi connectivity index (χ0) is 19.2. The summed E-state index contributed by atoms with van der Waals surface area (Å²) in [5.41, 5.74) is 2.09. The predicted octanol–water partition coefficient (Wildman–Crippen LogP) is 7.39. The monoisotopic (exact) mass is 483 g/mol. The van der Waals surface area contributed by atoms with Gasteiger partial charge in [0.15, 0.2) is 5.75 Å². The summed E-state index contributed by atoms with van der Waals surface area (Å²) in [7, 11) is 0. The fourth-order valence-corrected chi connectivity index (χ4v) is 4.21. The van der Waals surface area contributed by atoms with E-state index in [1.807, 2.05) is 42.7 Å². The van der Waals surface area contributed by atoms with E-state index in [0.29, 0.717) is 28.3 Å². The van der Waals surface area contributed by atoms with Crippen LogP contribution in [0.3, 0.4) is 0 Å². The molecule has 0 aliphatic heterocycles. The molecule has 0 amide bonds. The molecule has 2 aromatic carbocycles. The Bertz CT molecular complexity index is 902. The van der Waals surface area contributed by atoms with Crippen LogP contribution < -0.4 is 9.47 Å². The highest BCUT2D eigenvalue weighted by Crippen LogP contribution is 2.39. The first kappa shape index (κ1) is 20.3. The number of thioether (sulfide) groups is 1. The molecule has 3 nitrogen and oxygen atoms in total. The van der Waals surface area contributed by atoms with Crippen molar-refractivity contribution >= 4 is 50.9 Å². The van der Waals surface area contributed by atoms with Crippen molar-refractivity contribution in [3.8, 4) is 17.4 Å². The van der Waals surface area contributed by atoms with E-state index in [0.717, 1.165) is 27.1 Å². The Morgan fingerprint density at radius 1 is 1.07 bits per heavy atom. The van der Waals surface area contributed by atoms with Gasteiger partial charge in [0.1, 0.15) is 12.4 Å². The van der Waals surface area contributed by atoms with Crippen molar-refractivity contribution in [3.05, 3.63) is 80.4 Å². The Morgan fingerprint density at radius 2 is 1.78 bits per heavy atom. The summed E-state index contributed by atoms with van der Waals surface area (Å²) in [5, 5.41) is 0.819. The molecule has 140 valence electrons.